The van der Waals surface area contributed by atoms with Gasteiger partial charge in [-0.15, -0.1) is 0 Å². The van der Waals surface area contributed by atoms with Crippen molar-refractivity contribution in [2.45, 2.75) is 18.9 Å². The van der Waals surface area contributed by atoms with Gasteiger partial charge < -0.3 is 4.90 Å². The standard InChI is InChI=1S/C15H18N4O3S/c1-23(21,22)18-9-13-3-2-6-19(13)15(20)11-4-5-12-8-16-10-17-14(12)7-11/h4-5,7-8,10,13,18H,2-3,6,9H2,1H3/t13-/m1/s1. The number of amides is 1. The van der Waals surface area contributed by atoms with Crippen molar-refractivity contribution in [3.63, 3.8) is 0 Å². The zero-order chi connectivity index (χ0) is 16.4. The minimum absolute atomic E-state index is 0.0942. The van der Waals surface area contributed by atoms with E-state index in [1.807, 2.05) is 6.07 Å². The van der Waals surface area contributed by atoms with E-state index < -0.39 is 10.0 Å². The van der Waals surface area contributed by atoms with Gasteiger partial charge in [0.1, 0.15) is 6.33 Å². The number of aromatic nitrogens is 2. The molecule has 1 saturated heterocycles. The number of hydrogen-bond acceptors (Lipinski definition) is 5. The van der Waals surface area contributed by atoms with E-state index in [9.17, 15) is 13.2 Å². The van der Waals surface area contributed by atoms with Crippen LogP contribution in [-0.2, 0) is 10.0 Å². The summed E-state index contributed by atoms with van der Waals surface area (Å²) in [6, 6.07) is 5.22. The molecular formula is C15H18N4O3S. The van der Waals surface area contributed by atoms with Crippen LogP contribution >= 0.6 is 0 Å². The topological polar surface area (TPSA) is 92.3 Å². The fraction of sp³-hybridized carbons (Fsp3) is 0.400. The number of likely N-dealkylation sites (tertiary alicyclic amines) is 1. The molecule has 1 aliphatic heterocycles. The Balaban J connectivity index is 1.79. The summed E-state index contributed by atoms with van der Waals surface area (Å²) in [5.41, 5.74) is 1.28. The quantitative estimate of drug-likeness (QED) is 0.892. The Morgan fingerprint density at radius 2 is 2.26 bits per heavy atom. The van der Waals surface area contributed by atoms with E-state index in [1.165, 1.54) is 6.33 Å². The Morgan fingerprint density at radius 1 is 1.43 bits per heavy atom. The zero-order valence-corrected chi connectivity index (χ0v) is 13.6. The smallest absolute Gasteiger partial charge is 0.254 e. The minimum atomic E-state index is -3.26. The predicted molar refractivity (Wildman–Crippen MR) is 86.4 cm³/mol. The van der Waals surface area contributed by atoms with Crippen LogP contribution in [0.4, 0.5) is 0 Å². The molecule has 1 atom stereocenters. The van der Waals surface area contributed by atoms with Gasteiger partial charge in [0, 0.05) is 36.3 Å². The van der Waals surface area contributed by atoms with Crippen molar-refractivity contribution >= 4 is 26.8 Å². The number of carbonyl (C=O) groups excluding carboxylic acids is 1. The largest absolute Gasteiger partial charge is 0.334 e. The summed E-state index contributed by atoms with van der Waals surface area (Å²) in [6.45, 7) is 0.886. The third-order valence-electron chi connectivity index (χ3n) is 3.97. The molecule has 0 spiro atoms. The first kappa shape index (κ1) is 15.8. The Morgan fingerprint density at radius 3 is 3.04 bits per heavy atom. The monoisotopic (exact) mass is 334 g/mol. The van der Waals surface area contributed by atoms with Crippen LogP contribution in [0.25, 0.3) is 10.9 Å². The number of benzene rings is 1. The lowest BCUT2D eigenvalue weighted by Gasteiger charge is -2.25. The maximum Gasteiger partial charge on any atom is 0.254 e. The number of rotatable bonds is 4. The van der Waals surface area contributed by atoms with Crippen LogP contribution in [0.2, 0.25) is 0 Å². The predicted octanol–water partition coefficient (Wildman–Crippen LogP) is 0.784. The van der Waals surface area contributed by atoms with Gasteiger partial charge in [0.05, 0.1) is 11.8 Å². The highest BCUT2D eigenvalue weighted by Gasteiger charge is 2.29. The molecular weight excluding hydrogens is 316 g/mol. The van der Waals surface area contributed by atoms with Crippen molar-refractivity contribution in [3.8, 4) is 0 Å². The maximum absolute atomic E-state index is 12.7. The molecule has 1 aromatic heterocycles. The van der Waals surface area contributed by atoms with Crippen molar-refractivity contribution in [1.29, 1.82) is 0 Å². The first-order valence-electron chi connectivity index (χ1n) is 7.39. The second-order valence-corrected chi connectivity index (χ2v) is 7.54. The highest BCUT2D eigenvalue weighted by atomic mass is 32.2. The third-order valence-corrected chi connectivity index (χ3v) is 4.66. The van der Waals surface area contributed by atoms with Crippen LogP contribution in [-0.4, -0.2) is 54.6 Å². The Labute approximate surface area is 134 Å². The van der Waals surface area contributed by atoms with E-state index in [2.05, 4.69) is 14.7 Å². The first-order valence-corrected chi connectivity index (χ1v) is 9.28. The molecule has 0 radical (unpaired) electrons. The lowest BCUT2D eigenvalue weighted by molar-refractivity contribution is 0.0739. The van der Waals surface area contributed by atoms with Crippen LogP contribution in [0.1, 0.15) is 23.2 Å². The number of nitrogens with zero attached hydrogens (tertiary/aromatic N) is 3. The van der Waals surface area contributed by atoms with Gasteiger partial charge in [0.2, 0.25) is 10.0 Å². The van der Waals surface area contributed by atoms with Gasteiger partial charge in [-0.05, 0) is 25.0 Å². The molecule has 0 saturated carbocycles. The average molecular weight is 334 g/mol. The average Bonchev–Trinajstić information content (AvgIpc) is 2.99. The van der Waals surface area contributed by atoms with E-state index in [0.29, 0.717) is 12.1 Å². The SMILES string of the molecule is CS(=O)(=O)NC[C@H]1CCCN1C(=O)c1ccc2cncnc2c1. The minimum Gasteiger partial charge on any atom is -0.334 e. The Hall–Kier alpha value is -2.06. The summed E-state index contributed by atoms with van der Waals surface area (Å²) in [6.07, 6.45) is 5.94. The molecule has 1 aliphatic rings. The summed E-state index contributed by atoms with van der Waals surface area (Å²) in [7, 11) is -3.26. The summed E-state index contributed by atoms with van der Waals surface area (Å²) in [4.78, 5) is 22.6. The molecule has 23 heavy (non-hydrogen) atoms. The number of hydrogen-bond donors (Lipinski definition) is 1. The second-order valence-electron chi connectivity index (χ2n) is 5.71. The molecule has 1 fully saturated rings. The number of carbonyl (C=O) groups is 1. The van der Waals surface area contributed by atoms with Gasteiger partial charge in [0.25, 0.3) is 5.91 Å². The summed E-state index contributed by atoms with van der Waals surface area (Å²) < 4.78 is 25.0. The van der Waals surface area contributed by atoms with Crippen LogP contribution < -0.4 is 4.72 Å². The molecule has 3 rings (SSSR count). The van der Waals surface area contributed by atoms with E-state index in [0.717, 1.165) is 30.0 Å². The fourth-order valence-electron chi connectivity index (χ4n) is 2.84. The van der Waals surface area contributed by atoms with Crippen molar-refractivity contribution in [2.75, 3.05) is 19.3 Å². The first-order chi connectivity index (χ1) is 10.9. The summed E-state index contributed by atoms with van der Waals surface area (Å²) in [5.74, 6) is -0.0942. The van der Waals surface area contributed by atoms with E-state index in [-0.39, 0.29) is 18.5 Å². The van der Waals surface area contributed by atoms with E-state index in [4.69, 9.17) is 0 Å². The molecule has 0 unspecified atom stereocenters. The van der Waals surface area contributed by atoms with Gasteiger partial charge in [-0.3, -0.25) is 4.79 Å². The van der Waals surface area contributed by atoms with Crippen molar-refractivity contribution in [2.24, 2.45) is 0 Å². The molecule has 7 nitrogen and oxygen atoms in total. The Bertz CT molecular complexity index is 837. The molecule has 1 N–H and O–H groups in total. The van der Waals surface area contributed by atoms with Gasteiger partial charge in [-0.25, -0.2) is 23.1 Å². The molecule has 122 valence electrons. The van der Waals surface area contributed by atoms with Gasteiger partial charge in [0.15, 0.2) is 0 Å². The third kappa shape index (κ3) is 3.65. The highest BCUT2D eigenvalue weighted by Crippen LogP contribution is 2.21. The molecule has 1 aromatic carbocycles. The van der Waals surface area contributed by atoms with E-state index >= 15 is 0 Å². The normalized spacial score (nSPS) is 18.5. The number of nitrogens with one attached hydrogen (secondary N) is 1. The molecule has 0 bridgehead atoms. The lowest BCUT2D eigenvalue weighted by atomic mass is 10.1. The molecule has 0 aliphatic carbocycles. The maximum atomic E-state index is 12.7. The summed E-state index contributed by atoms with van der Waals surface area (Å²) in [5, 5.41) is 0.876. The number of fused-ring (bicyclic) bond motifs is 1. The molecule has 2 heterocycles. The van der Waals surface area contributed by atoms with Crippen LogP contribution in [0.15, 0.2) is 30.7 Å². The number of sulfonamides is 1. The summed E-state index contributed by atoms with van der Waals surface area (Å²) >= 11 is 0. The van der Waals surface area contributed by atoms with Gasteiger partial charge in [-0.2, -0.15) is 0 Å². The zero-order valence-electron chi connectivity index (χ0n) is 12.8. The Kier molecular flexibility index (Phi) is 4.27. The van der Waals surface area contributed by atoms with Crippen molar-refractivity contribution in [3.05, 3.63) is 36.3 Å². The van der Waals surface area contributed by atoms with Gasteiger partial charge >= 0.3 is 0 Å². The van der Waals surface area contributed by atoms with E-state index in [1.54, 1.807) is 23.2 Å². The molecule has 8 heteroatoms. The van der Waals surface area contributed by atoms with Crippen LogP contribution in [0, 0.1) is 0 Å². The molecule has 1 amide bonds. The highest BCUT2D eigenvalue weighted by molar-refractivity contribution is 7.88. The fourth-order valence-corrected chi connectivity index (χ4v) is 3.33. The van der Waals surface area contributed by atoms with Crippen molar-refractivity contribution < 1.29 is 13.2 Å². The van der Waals surface area contributed by atoms with Gasteiger partial charge in [-0.1, -0.05) is 6.07 Å². The van der Waals surface area contributed by atoms with Crippen molar-refractivity contribution in [1.82, 2.24) is 19.6 Å². The second kappa shape index (κ2) is 6.21. The lowest BCUT2D eigenvalue weighted by Crippen LogP contribution is -2.42. The van der Waals surface area contributed by atoms with Crippen LogP contribution in [0.5, 0.6) is 0 Å². The van der Waals surface area contributed by atoms with Crippen LogP contribution in [0.3, 0.4) is 0 Å². The molecule has 2 aromatic rings.